The van der Waals surface area contributed by atoms with Gasteiger partial charge in [0.1, 0.15) is 16.9 Å². The molecular formula is C20H26N6O. The maximum Gasteiger partial charge on any atom is 0.255 e. The molecule has 0 atom stereocenters. The Balaban J connectivity index is 1.78. The highest BCUT2D eigenvalue weighted by Gasteiger charge is 2.31. The fraction of sp³-hybridized carbons (Fsp3) is 0.500. The third-order valence-electron chi connectivity index (χ3n) is 5.37. The van der Waals surface area contributed by atoms with Crippen LogP contribution in [0.4, 0.5) is 0 Å². The van der Waals surface area contributed by atoms with E-state index in [1.807, 2.05) is 18.7 Å². The van der Waals surface area contributed by atoms with E-state index in [-0.39, 0.29) is 11.3 Å². The zero-order valence-electron chi connectivity index (χ0n) is 16.4. The summed E-state index contributed by atoms with van der Waals surface area (Å²) in [6.07, 6.45) is 7.47. The molecule has 27 heavy (non-hydrogen) atoms. The number of nitrogens with one attached hydrogen (secondary N) is 2. The molecule has 0 spiro atoms. The number of rotatable bonds is 4. The Morgan fingerprint density at radius 1 is 1.41 bits per heavy atom. The Morgan fingerprint density at radius 2 is 2.22 bits per heavy atom. The van der Waals surface area contributed by atoms with Crippen LogP contribution in [0, 0.1) is 5.41 Å². The van der Waals surface area contributed by atoms with E-state index < -0.39 is 0 Å². The number of fused-ring (bicyclic) bond motifs is 2. The monoisotopic (exact) mass is 366 g/mol. The average Bonchev–Trinajstić information content (AvgIpc) is 3.19. The van der Waals surface area contributed by atoms with Gasteiger partial charge in [-0.3, -0.25) is 9.48 Å². The second-order valence-electron chi connectivity index (χ2n) is 8.15. The number of carbonyl (C=O) groups is 1. The molecular weight excluding hydrogens is 340 g/mol. The standard InChI is InChI=1S/C20H26N6O/c1-5-8-21-19(27)13-10-22-18-17(13)24-14(11-23-18)16-12-9-20(2,3)7-6-15(12)26(4)25-16/h10-11H,5-9H2,1-4H3,(H,21,27)(H,22,23). The van der Waals surface area contributed by atoms with Crippen molar-refractivity contribution < 1.29 is 4.79 Å². The van der Waals surface area contributed by atoms with Gasteiger partial charge >= 0.3 is 0 Å². The maximum atomic E-state index is 12.4. The van der Waals surface area contributed by atoms with Gasteiger partial charge in [0.15, 0.2) is 5.65 Å². The number of aromatic amines is 1. The van der Waals surface area contributed by atoms with Crippen LogP contribution in [0.1, 0.15) is 55.2 Å². The van der Waals surface area contributed by atoms with Gasteiger partial charge < -0.3 is 10.3 Å². The molecule has 0 radical (unpaired) electrons. The molecule has 3 heterocycles. The van der Waals surface area contributed by atoms with E-state index in [0.717, 1.165) is 37.1 Å². The number of hydrogen-bond donors (Lipinski definition) is 2. The topological polar surface area (TPSA) is 88.5 Å². The zero-order chi connectivity index (χ0) is 19.2. The third-order valence-corrected chi connectivity index (χ3v) is 5.37. The molecule has 4 rings (SSSR count). The Bertz CT molecular complexity index is 1010. The molecule has 0 fully saturated rings. The summed E-state index contributed by atoms with van der Waals surface area (Å²) < 4.78 is 1.97. The quantitative estimate of drug-likeness (QED) is 0.743. The largest absolute Gasteiger partial charge is 0.352 e. The van der Waals surface area contributed by atoms with Crippen molar-refractivity contribution in [2.45, 2.75) is 46.5 Å². The molecule has 0 unspecified atom stereocenters. The van der Waals surface area contributed by atoms with Gasteiger partial charge in [-0.25, -0.2) is 9.97 Å². The Hall–Kier alpha value is -2.70. The van der Waals surface area contributed by atoms with E-state index in [0.29, 0.717) is 23.3 Å². The fourth-order valence-corrected chi connectivity index (χ4v) is 3.84. The summed E-state index contributed by atoms with van der Waals surface area (Å²) in [5.74, 6) is -0.126. The lowest BCUT2D eigenvalue weighted by atomic mass is 9.75. The van der Waals surface area contributed by atoms with Crippen LogP contribution in [0.25, 0.3) is 22.6 Å². The van der Waals surface area contributed by atoms with Gasteiger partial charge in [-0.2, -0.15) is 5.10 Å². The van der Waals surface area contributed by atoms with Crippen molar-refractivity contribution >= 4 is 17.1 Å². The molecule has 1 aliphatic rings. The van der Waals surface area contributed by atoms with Gasteiger partial charge in [-0.15, -0.1) is 0 Å². The summed E-state index contributed by atoms with van der Waals surface area (Å²) in [6, 6.07) is 0. The molecule has 142 valence electrons. The number of nitrogens with zero attached hydrogens (tertiary/aromatic N) is 4. The summed E-state index contributed by atoms with van der Waals surface area (Å²) in [7, 11) is 1.99. The van der Waals surface area contributed by atoms with Crippen molar-refractivity contribution in [2.75, 3.05) is 6.54 Å². The minimum atomic E-state index is -0.126. The molecule has 0 aromatic carbocycles. The zero-order valence-corrected chi connectivity index (χ0v) is 16.4. The van der Waals surface area contributed by atoms with Crippen molar-refractivity contribution in [2.24, 2.45) is 12.5 Å². The SMILES string of the molecule is CCCNC(=O)c1c[nH]c2ncc(-c3nn(C)c4c3CC(C)(C)CC4)nc12. The van der Waals surface area contributed by atoms with Crippen molar-refractivity contribution in [1.29, 1.82) is 0 Å². The van der Waals surface area contributed by atoms with Crippen LogP contribution in [-0.4, -0.2) is 37.2 Å². The molecule has 0 bridgehead atoms. The highest BCUT2D eigenvalue weighted by atomic mass is 16.1. The molecule has 3 aromatic heterocycles. The van der Waals surface area contributed by atoms with Crippen LogP contribution in [0.15, 0.2) is 12.4 Å². The van der Waals surface area contributed by atoms with Crippen LogP contribution in [-0.2, 0) is 19.9 Å². The number of carbonyl (C=O) groups excluding carboxylic acids is 1. The van der Waals surface area contributed by atoms with Crippen LogP contribution in [0.2, 0.25) is 0 Å². The number of hydrogen-bond acceptors (Lipinski definition) is 4. The van der Waals surface area contributed by atoms with Gasteiger partial charge in [0.05, 0.1) is 11.8 Å². The van der Waals surface area contributed by atoms with Gasteiger partial charge in [-0.05, 0) is 31.1 Å². The maximum absolute atomic E-state index is 12.4. The van der Waals surface area contributed by atoms with Gasteiger partial charge in [0, 0.05) is 31.0 Å². The predicted molar refractivity (Wildman–Crippen MR) is 105 cm³/mol. The summed E-state index contributed by atoms with van der Waals surface area (Å²) in [6.45, 7) is 7.26. The lowest BCUT2D eigenvalue weighted by Crippen LogP contribution is -2.23. The van der Waals surface area contributed by atoms with Crippen LogP contribution < -0.4 is 5.32 Å². The second-order valence-corrected chi connectivity index (χ2v) is 8.15. The summed E-state index contributed by atoms with van der Waals surface area (Å²) in [5.41, 5.74) is 6.13. The summed E-state index contributed by atoms with van der Waals surface area (Å²) in [4.78, 5) is 24.7. The minimum Gasteiger partial charge on any atom is -0.352 e. The second kappa shape index (κ2) is 6.48. The predicted octanol–water partition coefficient (Wildman–Crippen LogP) is 3.01. The lowest BCUT2D eigenvalue weighted by molar-refractivity contribution is 0.0955. The van der Waals surface area contributed by atoms with Gasteiger partial charge in [0.25, 0.3) is 5.91 Å². The van der Waals surface area contributed by atoms with E-state index in [1.54, 1.807) is 12.4 Å². The minimum absolute atomic E-state index is 0.126. The van der Waals surface area contributed by atoms with Crippen LogP contribution >= 0.6 is 0 Å². The number of aromatic nitrogens is 5. The smallest absolute Gasteiger partial charge is 0.255 e. The third kappa shape index (κ3) is 3.11. The first-order chi connectivity index (χ1) is 12.9. The van der Waals surface area contributed by atoms with E-state index in [1.165, 1.54) is 11.3 Å². The first-order valence-electron chi connectivity index (χ1n) is 9.57. The van der Waals surface area contributed by atoms with Crippen LogP contribution in [0.5, 0.6) is 0 Å². The normalized spacial score (nSPS) is 15.7. The van der Waals surface area contributed by atoms with Crippen molar-refractivity contribution in [1.82, 2.24) is 30.0 Å². The summed E-state index contributed by atoms with van der Waals surface area (Å²) >= 11 is 0. The number of aryl methyl sites for hydroxylation is 1. The number of H-pyrrole nitrogens is 1. The fourth-order valence-electron chi connectivity index (χ4n) is 3.84. The molecule has 0 saturated heterocycles. The Kier molecular flexibility index (Phi) is 4.25. The van der Waals surface area contributed by atoms with E-state index in [2.05, 4.69) is 29.1 Å². The van der Waals surface area contributed by atoms with Crippen molar-refractivity contribution in [3.05, 3.63) is 29.2 Å². The molecule has 3 aromatic rings. The van der Waals surface area contributed by atoms with Crippen LogP contribution in [0.3, 0.4) is 0 Å². The van der Waals surface area contributed by atoms with E-state index >= 15 is 0 Å². The molecule has 1 aliphatic carbocycles. The average molecular weight is 366 g/mol. The first kappa shape index (κ1) is 17.7. The molecule has 2 N–H and O–H groups in total. The molecule has 0 saturated carbocycles. The molecule has 0 aliphatic heterocycles. The number of amides is 1. The van der Waals surface area contributed by atoms with E-state index in [9.17, 15) is 4.79 Å². The molecule has 7 nitrogen and oxygen atoms in total. The Labute approximate surface area is 158 Å². The highest BCUT2D eigenvalue weighted by Crippen LogP contribution is 2.38. The van der Waals surface area contributed by atoms with Crippen molar-refractivity contribution in [3.63, 3.8) is 0 Å². The Morgan fingerprint density at radius 3 is 3.00 bits per heavy atom. The lowest BCUT2D eigenvalue weighted by Gasteiger charge is -2.29. The first-order valence-corrected chi connectivity index (χ1v) is 9.57. The highest BCUT2D eigenvalue weighted by molar-refractivity contribution is 6.04. The summed E-state index contributed by atoms with van der Waals surface area (Å²) in [5, 5.41) is 7.65. The molecule has 7 heteroatoms. The van der Waals surface area contributed by atoms with Crippen molar-refractivity contribution in [3.8, 4) is 11.4 Å². The van der Waals surface area contributed by atoms with E-state index in [4.69, 9.17) is 10.1 Å². The van der Waals surface area contributed by atoms with Gasteiger partial charge in [0.2, 0.25) is 0 Å². The van der Waals surface area contributed by atoms with Gasteiger partial charge in [-0.1, -0.05) is 20.8 Å². The molecule has 1 amide bonds.